The maximum Gasteiger partial charge on any atom is 0.242 e. The molecule has 0 aromatic carbocycles. The van der Waals surface area contributed by atoms with Crippen LogP contribution in [0.25, 0.3) is 0 Å². The SMILES string of the molecule is CC(=O)NC(C)C(=O)NCC(C)CCO. The van der Waals surface area contributed by atoms with Gasteiger partial charge in [0.2, 0.25) is 11.8 Å². The molecule has 0 aliphatic rings. The molecular formula is C10H20N2O3. The van der Waals surface area contributed by atoms with E-state index in [1.165, 1.54) is 6.92 Å². The third-order valence-corrected chi connectivity index (χ3v) is 2.06. The highest BCUT2D eigenvalue weighted by molar-refractivity contribution is 5.86. The van der Waals surface area contributed by atoms with Crippen molar-refractivity contribution >= 4 is 11.8 Å². The Balaban J connectivity index is 3.77. The number of hydrogen-bond acceptors (Lipinski definition) is 3. The Morgan fingerprint density at radius 1 is 1.33 bits per heavy atom. The molecule has 0 heterocycles. The van der Waals surface area contributed by atoms with Crippen LogP contribution < -0.4 is 10.6 Å². The molecule has 3 N–H and O–H groups in total. The monoisotopic (exact) mass is 216 g/mol. The molecular weight excluding hydrogens is 196 g/mol. The topological polar surface area (TPSA) is 78.4 Å². The standard InChI is InChI=1S/C10H20N2O3/c1-7(4-5-13)6-11-10(15)8(2)12-9(3)14/h7-8,13H,4-6H2,1-3H3,(H,11,15)(H,12,14). The van der Waals surface area contributed by atoms with E-state index in [9.17, 15) is 9.59 Å². The number of carbonyl (C=O) groups is 2. The first-order valence-electron chi connectivity index (χ1n) is 5.13. The molecule has 0 fully saturated rings. The first-order chi connectivity index (χ1) is 6.97. The minimum atomic E-state index is -0.510. The van der Waals surface area contributed by atoms with Crippen molar-refractivity contribution in [3.63, 3.8) is 0 Å². The summed E-state index contributed by atoms with van der Waals surface area (Å²) in [5.74, 6) is -0.181. The molecule has 0 aliphatic heterocycles. The number of rotatable bonds is 6. The minimum Gasteiger partial charge on any atom is -0.396 e. The van der Waals surface area contributed by atoms with E-state index in [2.05, 4.69) is 10.6 Å². The highest BCUT2D eigenvalue weighted by Crippen LogP contribution is 1.98. The highest BCUT2D eigenvalue weighted by atomic mass is 16.3. The van der Waals surface area contributed by atoms with E-state index < -0.39 is 6.04 Å². The number of aliphatic hydroxyl groups excluding tert-OH is 1. The Hall–Kier alpha value is -1.10. The van der Waals surface area contributed by atoms with Crippen molar-refractivity contribution < 1.29 is 14.7 Å². The molecule has 0 spiro atoms. The summed E-state index contributed by atoms with van der Waals surface area (Å²) in [6, 6.07) is -0.510. The second kappa shape index (κ2) is 7.23. The Kier molecular flexibility index (Phi) is 6.70. The molecule has 88 valence electrons. The number of nitrogens with one attached hydrogen (secondary N) is 2. The molecule has 0 aliphatic carbocycles. The van der Waals surface area contributed by atoms with Crippen molar-refractivity contribution in [3.8, 4) is 0 Å². The van der Waals surface area contributed by atoms with Crippen molar-refractivity contribution in [1.82, 2.24) is 10.6 Å². The lowest BCUT2D eigenvalue weighted by Crippen LogP contribution is -2.45. The van der Waals surface area contributed by atoms with Gasteiger partial charge in [0.15, 0.2) is 0 Å². The van der Waals surface area contributed by atoms with Crippen molar-refractivity contribution in [2.24, 2.45) is 5.92 Å². The molecule has 0 aromatic rings. The maximum atomic E-state index is 11.4. The summed E-state index contributed by atoms with van der Waals surface area (Å²) in [5.41, 5.74) is 0. The second-order valence-corrected chi connectivity index (χ2v) is 3.78. The van der Waals surface area contributed by atoms with Gasteiger partial charge in [-0.1, -0.05) is 6.92 Å². The first kappa shape index (κ1) is 13.9. The third-order valence-electron chi connectivity index (χ3n) is 2.06. The lowest BCUT2D eigenvalue weighted by molar-refractivity contribution is -0.127. The van der Waals surface area contributed by atoms with Crippen molar-refractivity contribution in [2.75, 3.05) is 13.2 Å². The zero-order valence-electron chi connectivity index (χ0n) is 9.54. The van der Waals surface area contributed by atoms with Crippen molar-refractivity contribution in [1.29, 1.82) is 0 Å². The minimum absolute atomic E-state index is 0.123. The summed E-state index contributed by atoms with van der Waals surface area (Å²) < 4.78 is 0. The Morgan fingerprint density at radius 3 is 2.40 bits per heavy atom. The van der Waals surface area contributed by atoms with Crippen molar-refractivity contribution in [2.45, 2.75) is 33.2 Å². The van der Waals surface area contributed by atoms with Gasteiger partial charge in [-0.25, -0.2) is 0 Å². The van der Waals surface area contributed by atoms with Crippen LogP contribution in [0.5, 0.6) is 0 Å². The summed E-state index contributed by atoms with van der Waals surface area (Å²) >= 11 is 0. The van der Waals surface area contributed by atoms with Gasteiger partial charge in [-0.2, -0.15) is 0 Å². The molecule has 2 unspecified atom stereocenters. The van der Waals surface area contributed by atoms with Crippen LogP contribution in [0.1, 0.15) is 27.2 Å². The van der Waals surface area contributed by atoms with Gasteiger partial charge >= 0.3 is 0 Å². The van der Waals surface area contributed by atoms with Gasteiger partial charge in [0, 0.05) is 20.1 Å². The predicted molar refractivity (Wildman–Crippen MR) is 57.2 cm³/mol. The largest absolute Gasteiger partial charge is 0.396 e. The van der Waals surface area contributed by atoms with Crippen molar-refractivity contribution in [3.05, 3.63) is 0 Å². The highest BCUT2D eigenvalue weighted by Gasteiger charge is 2.13. The summed E-state index contributed by atoms with van der Waals surface area (Å²) in [7, 11) is 0. The molecule has 5 heteroatoms. The van der Waals surface area contributed by atoms with Crippen LogP contribution in [-0.2, 0) is 9.59 Å². The van der Waals surface area contributed by atoms with Gasteiger partial charge in [-0.15, -0.1) is 0 Å². The van der Waals surface area contributed by atoms with Crippen LogP contribution in [0, 0.1) is 5.92 Å². The number of carbonyl (C=O) groups excluding carboxylic acids is 2. The van der Waals surface area contributed by atoms with Crippen LogP contribution in [0.15, 0.2) is 0 Å². The number of aliphatic hydroxyl groups is 1. The zero-order valence-corrected chi connectivity index (χ0v) is 9.54. The van der Waals surface area contributed by atoms with E-state index >= 15 is 0 Å². The van der Waals surface area contributed by atoms with E-state index in [-0.39, 0.29) is 24.3 Å². The predicted octanol–water partition coefficient (Wildman–Crippen LogP) is -0.354. The fraction of sp³-hybridized carbons (Fsp3) is 0.800. The Morgan fingerprint density at radius 2 is 1.93 bits per heavy atom. The van der Waals surface area contributed by atoms with Crippen LogP contribution in [-0.4, -0.2) is 36.1 Å². The molecule has 0 bridgehead atoms. The van der Waals surface area contributed by atoms with Gasteiger partial charge < -0.3 is 15.7 Å². The maximum absolute atomic E-state index is 11.4. The molecule has 0 saturated carbocycles. The smallest absolute Gasteiger partial charge is 0.242 e. The lowest BCUT2D eigenvalue weighted by atomic mass is 10.1. The Labute approximate surface area is 90.2 Å². The third kappa shape index (κ3) is 6.90. The van der Waals surface area contributed by atoms with Crippen LogP contribution >= 0.6 is 0 Å². The van der Waals surface area contributed by atoms with E-state index in [1.54, 1.807) is 6.92 Å². The summed E-state index contributed by atoms with van der Waals surface area (Å²) in [4.78, 5) is 22.1. The molecule has 2 atom stereocenters. The molecule has 0 radical (unpaired) electrons. The molecule has 2 amide bonds. The molecule has 0 aromatic heterocycles. The second-order valence-electron chi connectivity index (χ2n) is 3.78. The molecule has 0 saturated heterocycles. The van der Waals surface area contributed by atoms with Gasteiger partial charge in [0.25, 0.3) is 0 Å². The quantitative estimate of drug-likeness (QED) is 0.567. The summed E-state index contributed by atoms with van der Waals surface area (Å²) in [6.45, 7) is 5.59. The number of hydrogen-bond donors (Lipinski definition) is 3. The average molecular weight is 216 g/mol. The van der Waals surface area contributed by atoms with Crippen LogP contribution in [0.3, 0.4) is 0 Å². The summed E-state index contributed by atoms with van der Waals surface area (Å²) in [6.07, 6.45) is 0.662. The van der Waals surface area contributed by atoms with Gasteiger partial charge in [-0.05, 0) is 19.3 Å². The van der Waals surface area contributed by atoms with E-state index in [1.807, 2.05) is 6.92 Å². The molecule has 0 rings (SSSR count). The fourth-order valence-corrected chi connectivity index (χ4v) is 1.12. The van der Waals surface area contributed by atoms with Gasteiger partial charge in [0.05, 0.1) is 0 Å². The zero-order chi connectivity index (χ0) is 11.8. The molecule has 15 heavy (non-hydrogen) atoms. The van der Waals surface area contributed by atoms with Crippen LogP contribution in [0.4, 0.5) is 0 Å². The normalized spacial score (nSPS) is 14.1. The van der Waals surface area contributed by atoms with Gasteiger partial charge in [0.1, 0.15) is 6.04 Å². The van der Waals surface area contributed by atoms with E-state index in [0.717, 1.165) is 0 Å². The Bertz CT molecular complexity index is 219. The van der Waals surface area contributed by atoms with E-state index in [4.69, 9.17) is 5.11 Å². The summed E-state index contributed by atoms with van der Waals surface area (Å²) in [5, 5.41) is 13.9. The van der Waals surface area contributed by atoms with E-state index in [0.29, 0.717) is 13.0 Å². The average Bonchev–Trinajstić information content (AvgIpc) is 2.13. The lowest BCUT2D eigenvalue weighted by Gasteiger charge is -2.15. The fourth-order valence-electron chi connectivity index (χ4n) is 1.12. The molecule has 5 nitrogen and oxygen atoms in total. The first-order valence-corrected chi connectivity index (χ1v) is 5.13. The number of amides is 2. The van der Waals surface area contributed by atoms with Gasteiger partial charge in [-0.3, -0.25) is 9.59 Å². The van der Waals surface area contributed by atoms with Crippen LogP contribution in [0.2, 0.25) is 0 Å².